The van der Waals surface area contributed by atoms with Gasteiger partial charge in [0.05, 0.1) is 13.2 Å². The van der Waals surface area contributed by atoms with Crippen LogP contribution >= 0.6 is 24.0 Å². The van der Waals surface area contributed by atoms with Gasteiger partial charge in [-0.15, -0.1) is 24.0 Å². The predicted octanol–water partition coefficient (Wildman–Crippen LogP) is 4.20. The highest BCUT2D eigenvalue weighted by atomic mass is 127. The number of ether oxygens (including phenoxy) is 2. The molecule has 0 amide bonds. The molecule has 0 aliphatic carbocycles. The van der Waals surface area contributed by atoms with Crippen molar-refractivity contribution in [3.8, 4) is 5.75 Å². The van der Waals surface area contributed by atoms with Gasteiger partial charge in [0.15, 0.2) is 5.96 Å². The Morgan fingerprint density at radius 2 is 1.90 bits per heavy atom. The Morgan fingerprint density at radius 1 is 1.10 bits per heavy atom. The molecule has 5 nitrogen and oxygen atoms in total. The van der Waals surface area contributed by atoms with Crippen LogP contribution in [0.2, 0.25) is 0 Å². The fourth-order valence-electron chi connectivity index (χ4n) is 3.27. The second-order valence-corrected chi connectivity index (χ2v) is 7.42. The van der Waals surface area contributed by atoms with Gasteiger partial charge in [0.25, 0.3) is 0 Å². The Balaban J connectivity index is 0.00000300. The summed E-state index contributed by atoms with van der Waals surface area (Å²) >= 11 is 0. The van der Waals surface area contributed by atoms with Crippen LogP contribution in [0.5, 0.6) is 5.75 Å². The summed E-state index contributed by atoms with van der Waals surface area (Å²) in [6, 6.07) is 14.8. The molecule has 29 heavy (non-hydrogen) atoms. The van der Waals surface area contributed by atoms with Crippen molar-refractivity contribution in [2.75, 3.05) is 26.9 Å². The van der Waals surface area contributed by atoms with Crippen molar-refractivity contribution in [1.29, 1.82) is 0 Å². The third-order valence-corrected chi connectivity index (χ3v) is 4.93. The molecular formula is C23H32IN3O2. The minimum atomic E-state index is 0. The highest BCUT2D eigenvalue weighted by Crippen LogP contribution is 2.22. The zero-order chi connectivity index (χ0) is 19.8. The molecule has 0 saturated carbocycles. The molecule has 1 atom stereocenters. The van der Waals surface area contributed by atoms with E-state index in [9.17, 15) is 0 Å². The largest absolute Gasteiger partial charge is 0.493 e. The first-order valence-electron chi connectivity index (χ1n) is 9.94. The van der Waals surface area contributed by atoms with Crippen molar-refractivity contribution < 1.29 is 9.47 Å². The normalized spacial score (nSPS) is 16.2. The van der Waals surface area contributed by atoms with Crippen molar-refractivity contribution in [2.45, 2.75) is 33.4 Å². The Morgan fingerprint density at radius 3 is 2.62 bits per heavy atom. The lowest BCUT2D eigenvalue weighted by Gasteiger charge is -2.17. The molecule has 3 rings (SSSR count). The van der Waals surface area contributed by atoms with Crippen LogP contribution in [0.4, 0.5) is 0 Å². The zero-order valence-electron chi connectivity index (χ0n) is 17.5. The molecule has 6 heteroatoms. The van der Waals surface area contributed by atoms with Crippen molar-refractivity contribution in [1.82, 2.24) is 10.6 Å². The number of guanidine groups is 1. The number of hydrogen-bond acceptors (Lipinski definition) is 3. The number of nitrogens with zero attached hydrogens (tertiary/aromatic N) is 1. The molecule has 2 aromatic rings. The van der Waals surface area contributed by atoms with E-state index in [2.05, 4.69) is 71.9 Å². The first-order valence-corrected chi connectivity index (χ1v) is 9.94. The monoisotopic (exact) mass is 509 g/mol. The van der Waals surface area contributed by atoms with Crippen LogP contribution in [0.25, 0.3) is 0 Å². The molecule has 0 aromatic heterocycles. The minimum absolute atomic E-state index is 0. The standard InChI is InChI=1S/C23H31N3O2.HI/c1-17-5-4-6-19(11-17)13-25-23(24-3)26-14-21-8-7-18(2)12-22(21)28-16-20-9-10-27-15-20;/h4-8,11-12,20H,9-10,13-16H2,1-3H3,(H2,24,25,26);1H. The lowest BCUT2D eigenvalue weighted by molar-refractivity contribution is 0.166. The lowest BCUT2D eigenvalue weighted by atomic mass is 10.1. The van der Waals surface area contributed by atoms with Crippen molar-refractivity contribution >= 4 is 29.9 Å². The van der Waals surface area contributed by atoms with E-state index in [0.29, 0.717) is 19.1 Å². The van der Waals surface area contributed by atoms with E-state index >= 15 is 0 Å². The maximum absolute atomic E-state index is 6.13. The molecule has 1 aliphatic rings. The summed E-state index contributed by atoms with van der Waals surface area (Å²) in [5.41, 5.74) is 4.82. The average molecular weight is 509 g/mol. The zero-order valence-corrected chi connectivity index (χ0v) is 19.9. The van der Waals surface area contributed by atoms with E-state index in [4.69, 9.17) is 9.47 Å². The van der Waals surface area contributed by atoms with Gasteiger partial charge in [0.1, 0.15) is 5.75 Å². The molecule has 2 N–H and O–H groups in total. The van der Waals surface area contributed by atoms with Crippen LogP contribution in [0.3, 0.4) is 0 Å². The molecule has 0 spiro atoms. The van der Waals surface area contributed by atoms with Gasteiger partial charge in [0, 0.05) is 38.2 Å². The number of halogens is 1. The maximum atomic E-state index is 6.13. The van der Waals surface area contributed by atoms with Crippen LogP contribution in [0.15, 0.2) is 47.5 Å². The quantitative estimate of drug-likeness (QED) is 0.334. The lowest BCUT2D eigenvalue weighted by Crippen LogP contribution is -2.36. The summed E-state index contributed by atoms with van der Waals surface area (Å²) in [5.74, 6) is 2.20. The number of benzene rings is 2. The molecule has 0 bridgehead atoms. The fourth-order valence-corrected chi connectivity index (χ4v) is 3.27. The smallest absolute Gasteiger partial charge is 0.191 e. The van der Waals surface area contributed by atoms with E-state index in [1.54, 1.807) is 7.05 Å². The summed E-state index contributed by atoms with van der Waals surface area (Å²) in [5, 5.41) is 6.76. The fraction of sp³-hybridized carbons (Fsp3) is 0.435. The number of hydrogen-bond donors (Lipinski definition) is 2. The van der Waals surface area contributed by atoms with Gasteiger partial charge in [-0.1, -0.05) is 42.0 Å². The van der Waals surface area contributed by atoms with E-state index in [1.165, 1.54) is 16.7 Å². The number of aryl methyl sites for hydroxylation is 2. The highest BCUT2D eigenvalue weighted by molar-refractivity contribution is 14.0. The molecule has 0 radical (unpaired) electrons. The molecule has 1 heterocycles. The third kappa shape index (κ3) is 7.51. The van der Waals surface area contributed by atoms with Crippen molar-refractivity contribution in [2.24, 2.45) is 10.9 Å². The van der Waals surface area contributed by atoms with Gasteiger partial charge < -0.3 is 20.1 Å². The Labute approximate surface area is 191 Å². The summed E-state index contributed by atoms with van der Waals surface area (Å²) < 4.78 is 11.6. The van der Waals surface area contributed by atoms with E-state index in [1.807, 2.05) is 0 Å². The van der Waals surface area contributed by atoms with Crippen LogP contribution in [-0.2, 0) is 17.8 Å². The van der Waals surface area contributed by atoms with Crippen LogP contribution in [-0.4, -0.2) is 32.8 Å². The van der Waals surface area contributed by atoms with Gasteiger partial charge in [-0.05, 0) is 37.5 Å². The first kappa shape index (κ1) is 23.5. The summed E-state index contributed by atoms with van der Waals surface area (Å²) in [6.45, 7) is 7.94. The summed E-state index contributed by atoms with van der Waals surface area (Å²) in [6.07, 6.45) is 1.08. The van der Waals surface area contributed by atoms with Crippen LogP contribution < -0.4 is 15.4 Å². The molecule has 1 aliphatic heterocycles. The van der Waals surface area contributed by atoms with E-state index in [0.717, 1.165) is 43.5 Å². The number of nitrogens with one attached hydrogen (secondary N) is 2. The minimum Gasteiger partial charge on any atom is -0.493 e. The van der Waals surface area contributed by atoms with Crippen LogP contribution in [0.1, 0.15) is 28.7 Å². The van der Waals surface area contributed by atoms with Crippen LogP contribution in [0, 0.1) is 19.8 Å². The molecule has 2 aromatic carbocycles. The third-order valence-electron chi connectivity index (χ3n) is 4.93. The summed E-state index contributed by atoms with van der Waals surface area (Å²) in [4.78, 5) is 4.33. The second kappa shape index (κ2) is 12.0. The van der Waals surface area contributed by atoms with Gasteiger partial charge >= 0.3 is 0 Å². The SMILES string of the molecule is CN=C(NCc1cccc(C)c1)NCc1ccc(C)cc1OCC1CCOC1.I. The highest BCUT2D eigenvalue weighted by Gasteiger charge is 2.17. The van der Waals surface area contributed by atoms with Crippen molar-refractivity contribution in [3.05, 3.63) is 64.7 Å². The van der Waals surface area contributed by atoms with E-state index in [-0.39, 0.29) is 24.0 Å². The number of rotatable bonds is 7. The van der Waals surface area contributed by atoms with Gasteiger partial charge in [-0.3, -0.25) is 4.99 Å². The summed E-state index contributed by atoms with van der Waals surface area (Å²) in [7, 11) is 1.79. The number of aliphatic imine (C=N–C) groups is 1. The van der Waals surface area contributed by atoms with Gasteiger partial charge in [-0.2, -0.15) is 0 Å². The molecule has 158 valence electrons. The first-order chi connectivity index (χ1) is 13.6. The molecule has 1 fully saturated rings. The molecule has 1 saturated heterocycles. The molecule has 1 unspecified atom stereocenters. The topological polar surface area (TPSA) is 54.9 Å². The Hall–Kier alpha value is -1.80. The maximum Gasteiger partial charge on any atom is 0.191 e. The van der Waals surface area contributed by atoms with Crippen molar-refractivity contribution in [3.63, 3.8) is 0 Å². The molecular weight excluding hydrogens is 477 g/mol. The Bertz CT molecular complexity index is 804. The average Bonchev–Trinajstić information content (AvgIpc) is 3.21. The predicted molar refractivity (Wildman–Crippen MR) is 129 cm³/mol. The second-order valence-electron chi connectivity index (χ2n) is 7.42. The van der Waals surface area contributed by atoms with E-state index < -0.39 is 0 Å². The van der Waals surface area contributed by atoms with Gasteiger partial charge in [-0.25, -0.2) is 0 Å². The van der Waals surface area contributed by atoms with Gasteiger partial charge in [0.2, 0.25) is 0 Å². The Kier molecular flexibility index (Phi) is 9.73.